The maximum atomic E-state index is 12.3. The first-order valence-electron chi connectivity index (χ1n) is 8.68. The minimum atomic E-state index is -0.418. The normalized spacial score (nSPS) is 16.7. The van der Waals surface area contributed by atoms with E-state index in [1.54, 1.807) is 11.1 Å². The number of nitrogens with one attached hydrogen (secondary N) is 1. The standard InChI is InChI=1S/C20H20BrN3O3/c1-2-27-18-9-3-14(4-10-18)12-22-23-20(26)15-11-19(25)24(13-15)17-7-5-16(21)6-8-17/h3-10,12,15H,2,11,13H2,1H3,(H,23,26). The number of rotatable bonds is 6. The second-order valence-corrected chi connectivity index (χ2v) is 7.03. The van der Waals surface area contributed by atoms with E-state index in [1.165, 1.54) is 0 Å². The van der Waals surface area contributed by atoms with Crippen LogP contribution in [-0.2, 0) is 9.59 Å². The molecule has 1 fully saturated rings. The minimum Gasteiger partial charge on any atom is -0.494 e. The maximum Gasteiger partial charge on any atom is 0.245 e. The number of ether oxygens (including phenoxy) is 1. The molecule has 1 N–H and O–H groups in total. The summed E-state index contributed by atoms with van der Waals surface area (Å²) in [4.78, 5) is 26.2. The summed E-state index contributed by atoms with van der Waals surface area (Å²) >= 11 is 3.37. The van der Waals surface area contributed by atoms with E-state index in [0.717, 1.165) is 21.5 Å². The molecule has 2 aromatic rings. The van der Waals surface area contributed by atoms with E-state index in [-0.39, 0.29) is 18.2 Å². The van der Waals surface area contributed by atoms with Gasteiger partial charge in [-0.25, -0.2) is 5.43 Å². The zero-order valence-electron chi connectivity index (χ0n) is 14.9. The van der Waals surface area contributed by atoms with Gasteiger partial charge in [-0.3, -0.25) is 9.59 Å². The Morgan fingerprint density at radius 3 is 2.63 bits per heavy atom. The molecule has 1 unspecified atom stereocenters. The number of anilines is 1. The first-order chi connectivity index (χ1) is 13.1. The van der Waals surface area contributed by atoms with Crippen LogP contribution in [0.25, 0.3) is 0 Å². The Morgan fingerprint density at radius 2 is 1.96 bits per heavy atom. The zero-order chi connectivity index (χ0) is 19.2. The highest BCUT2D eigenvalue weighted by Gasteiger charge is 2.35. The van der Waals surface area contributed by atoms with E-state index in [0.29, 0.717) is 13.2 Å². The van der Waals surface area contributed by atoms with Crippen LogP contribution in [0.4, 0.5) is 5.69 Å². The number of halogens is 1. The summed E-state index contributed by atoms with van der Waals surface area (Å²) in [5.41, 5.74) is 4.16. The molecule has 2 aromatic carbocycles. The van der Waals surface area contributed by atoms with E-state index in [1.807, 2.05) is 55.5 Å². The number of hydrogen-bond acceptors (Lipinski definition) is 4. The number of hydrazone groups is 1. The van der Waals surface area contributed by atoms with Crippen LogP contribution < -0.4 is 15.1 Å². The van der Waals surface area contributed by atoms with Crippen molar-refractivity contribution in [1.29, 1.82) is 0 Å². The Hall–Kier alpha value is -2.67. The fraction of sp³-hybridized carbons (Fsp3) is 0.250. The molecule has 1 aliphatic rings. The lowest BCUT2D eigenvalue weighted by molar-refractivity contribution is -0.126. The van der Waals surface area contributed by atoms with Gasteiger partial charge in [-0.15, -0.1) is 0 Å². The van der Waals surface area contributed by atoms with Crippen LogP contribution in [0, 0.1) is 5.92 Å². The van der Waals surface area contributed by atoms with Gasteiger partial charge in [-0.05, 0) is 61.0 Å². The smallest absolute Gasteiger partial charge is 0.245 e. The number of hydrogen-bond donors (Lipinski definition) is 1. The van der Waals surface area contributed by atoms with Crippen molar-refractivity contribution in [3.05, 3.63) is 58.6 Å². The number of nitrogens with zero attached hydrogens (tertiary/aromatic N) is 2. The summed E-state index contributed by atoms with van der Waals surface area (Å²) in [5, 5.41) is 3.99. The molecule has 0 aliphatic carbocycles. The average Bonchev–Trinajstić information content (AvgIpc) is 3.06. The van der Waals surface area contributed by atoms with Crippen molar-refractivity contribution < 1.29 is 14.3 Å². The Labute approximate surface area is 166 Å². The summed E-state index contributed by atoms with van der Waals surface area (Å²) in [6.45, 7) is 2.89. The lowest BCUT2D eigenvalue weighted by Gasteiger charge is -2.16. The third kappa shape index (κ3) is 4.95. The van der Waals surface area contributed by atoms with E-state index < -0.39 is 5.92 Å². The molecule has 0 bridgehead atoms. The third-order valence-corrected chi connectivity index (χ3v) is 4.74. The molecule has 6 nitrogen and oxygen atoms in total. The highest BCUT2D eigenvalue weighted by molar-refractivity contribution is 9.10. The lowest BCUT2D eigenvalue weighted by atomic mass is 10.1. The number of amides is 2. The fourth-order valence-electron chi connectivity index (χ4n) is 2.83. The predicted molar refractivity (Wildman–Crippen MR) is 108 cm³/mol. The Kier molecular flexibility index (Phi) is 6.24. The maximum absolute atomic E-state index is 12.3. The highest BCUT2D eigenvalue weighted by Crippen LogP contribution is 2.26. The van der Waals surface area contributed by atoms with Crippen LogP contribution in [0.5, 0.6) is 5.75 Å². The van der Waals surface area contributed by atoms with Gasteiger partial charge < -0.3 is 9.64 Å². The quantitative estimate of drug-likeness (QED) is 0.565. The van der Waals surface area contributed by atoms with E-state index in [4.69, 9.17) is 4.74 Å². The summed E-state index contributed by atoms with van der Waals surface area (Å²) in [5.74, 6) is 0.0490. The minimum absolute atomic E-state index is 0.0621. The molecule has 0 saturated carbocycles. The summed E-state index contributed by atoms with van der Waals surface area (Å²) in [6.07, 6.45) is 1.75. The molecule has 7 heteroatoms. The van der Waals surface area contributed by atoms with Crippen LogP contribution in [0.15, 0.2) is 58.1 Å². The van der Waals surface area contributed by atoms with E-state index in [9.17, 15) is 9.59 Å². The summed E-state index contributed by atoms with van der Waals surface area (Å²) in [7, 11) is 0. The van der Waals surface area contributed by atoms with Gasteiger partial charge >= 0.3 is 0 Å². The molecular formula is C20H20BrN3O3. The molecule has 1 aliphatic heterocycles. The van der Waals surface area contributed by atoms with Crippen LogP contribution in [-0.4, -0.2) is 31.2 Å². The van der Waals surface area contributed by atoms with Crippen LogP contribution in [0.3, 0.4) is 0 Å². The SMILES string of the molecule is CCOc1ccc(C=NNC(=O)C2CC(=O)N(c3ccc(Br)cc3)C2)cc1. The zero-order valence-corrected chi connectivity index (χ0v) is 16.5. The molecule has 3 rings (SSSR count). The first kappa shape index (κ1) is 19.1. The summed E-state index contributed by atoms with van der Waals surface area (Å²) < 4.78 is 6.32. The molecule has 2 amide bonds. The molecular weight excluding hydrogens is 410 g/mol. The number of benzene rings is 2. The lowest BCUT2D eigenvalue weighted by Crippen LogP contribution is -2.30. The van der Waals surface area contributed by atoms with Gasteiger partial charge in [0, 0.05) is 23.1 Å². The molecule has 0 radical (unpaired) electrons. The van der Waals surface area contributed by atoms with Gasteiger partial charge in [0.05, 0.1) is 18.7 Å². The average molecular weight is 430 g/mol. The molecule has 1 heterocycles. The van der Waals surface area contributed by atoms with E-state index >= 15 is 0 Å². The van der Waals surface area contributed by atoms with Crippen molar-refractivity contribution in [2.24, 2.45) is 11.0 Å². The number of carbonyl (C=O) groups excluding carboxylic acids is 2. The topological polar surface area (TPSA) is 71.0 Å². The van der Waals surface area contributed by atoms with Crippen molar-refractivity contribution in [2.75, 3.05) is 18.1 Å². The molecule has 0 aromatic heterocycles. The summed E-state index contributed by atoms with van der Waals surface area (Å²) in [6, 6.07) is 14.9. The molecule has 0 spiro atoms. The third-order valence-electron chi connectivity index (χ3n) is 4.21. The van der Waals surface area contributed by atoms with Gasteiger partial charge in [-0.2, -0.15) is 5.10 Å². The monoisotopic (exact) mass is 429 g/mol. The molecule has 1 saturated heterocycles. The Bertz CT molecular complexity index is 835. The fourth-order valence-corrected chi connectivity index (χ4v) is 3.10. The highest BCUT2D eigenvalue weighted by atomic mass is 79.9. The largest absolute Gasteiger partial charge is 0.494 e. The first-order valence-corrected chi connectivity index (χ1v) is 9.48. The van der Waals surface area contributed by atoms with Crippen molar-refractivity contribution in [3.63, 3.8) is 0 Å². The van der Waals surface area contributed by atoms with E-state index in [2.05, 4.69) is 26.5 Å². The van der Waals surface area contributed by atoms with Gasteiger partial charge in [0.25, 0.3) is 0 Å². The van der Waals surface area contributed by atoms with Crippen molar-refractivity contribution >= 4 is 39.6 Å². The Balaban J connectivity index is 1.55. The van der Waals surface area contributed by atoms with Crippen LogP contribution >= 0.6 is 15.9 Å². The second-order valence-electron chi connectivity index (χ2n) is 6.12. The van der Waals surface area contributed by atoms with Gasteiger partial charge in [-0.1, -0.05) is 15.9 Å². The van der Waals surface area contributed by atoms with Crippen molar-refractivity contribution in [3.8, 4) is 5.75 Å². The molecule has 1 atom stereocenters. The number of carbonyl (C=O) groups is 2. The van der Waals surface area contributed by atoms with Crippen molar-refractivity contribution in [2.45, 2.75) is 13.3 Å². The van der Waals surface area contributed by atoms with Crippen LogP contribution in [0.2, 0.25) is 0 Å². The predicted octanol–water partition coefficient (Wildman–Crippen LogP) is 3.35. The molecule has 27 heavy (non-hydrogen) atoms. The van der Waals surface area contributed by atoms with Gasteiger partial charge in [0.1, 0.15) is 5.75 Å². The van der Waals surface area contributed by atoms with Gasteiger partial charge in [0.2, 0.25) is 11.8 Å². The van der Waals surface area contributed by atoms with Gasteiger partial charge in [0.15, 0.2) is 0 Å². The van der Waals surface area contributed by atoms with Crippen LogP contribution in [0.1, 0.15) is 18.9 Å². The van der Waals surface area contributed by atoms with Crippen molar-refractivity contribution in [1.82, 2.24) is 5.43 Å². The Morgan fingerprint density at radius 1 is 1.26 bits per heavy atom. The molecule has 140 valence electrons. The second kappa shape index (κ2) is 8.81.